The van der Waals surface area contributed by atoms with Crippen molar-refractivity contribution in [3.05, 3.63) is 23.9 Å². The second-order valence-corrected chi connectivity index (χ2v) is 5.71. The normalized spacial score (nSPS) is 17.6. The number of β-amino-alcohol motifs (C(OH)–C–C–N with tert-alkyl or cyclic N) is 1. The van der Waals surface area contributed by atoms with Crippen LogP contribution in [0.15, 0.2) is 18.3 Å². The quantitative estimate of drug-likeness (QED) is 0.864. The van der Waals surface area contributed by atoms with Crippen LogP contribution >= 0.6 is 0 Å². The number of aromatic nitrogens is 1. The lowest BCUT2D eigenvalue weighted by molar-refractivity contribution is 0.0554. The summed E-state index contributed by atoms with van der Waals surface area (Å²) < 4.78 is 0. The number of hydrogen-bond acceptors (Lipinski definition) is 5. The lowest BCUT2D eigenvalue weighted by atomic mass is 10.2. The van der Waals surface area contributed by atoms with Crippen molar-refractivity contribution in [2.75, 3.05) is 51.7 Å². The highest BCUT2D eigenvalue weighted by Gasteiger charge is 2.24. The zero-order valence-electron chi connectivity index (χ0n) is 13.0. The monoisotopic (exact) mass is 292 g/mol. The molecule has 1 unspecified atom stereocenters. The van der Waals surface area contributed by atoms with Crippen LogP contribution in [-0.4, -0.2) is 78.7 Å². The van der Waals surface area contributed by atoms with Crippen LogP contribution in [0.5, 0.6) is 0 Å². The van der Waals surface area contributed by atoms with Gasteiger partial charge in [-0.1, -0.05) is 0 Å². The van der Waals surface area contributed by atoms with Crippen molar-refractivity contribution in [2.24, 2.45) is 0 Å². The lowest BCUT2D eigenvalue weighted by Gasteiger charge is -2.35. The van der Waals surface area contributed by atoms with Crippen LogP contribution < -0.4 is 4.90 Å². The molecule has 1 aromatic rings. The Hall–Kier alpha value is -1.66. The fourth-order valence-electron chi connectivity index (χ4n) is 2.60. The number of nitrogens with zero attached hydrogens (tertiary/aromatic N) is 4. The van der Waals surface area contributed by atoms with Crippen LogP contribution in [0.25, 0.3) is 0 Å². The maximum Gasteiger partial charge on any atom is 0.257 e. The molecule has 1 N–H and O–H groups in total. The Morgan fingerprint density at radius 2 is 2.05 bits per heavy atom. The SMILES string of the molecule is CC(O)CN1CCN(C(=O)c2cccnc2N(C)C)CC1. The van der Waals surface area contributed by atoms with Gasteiger partial charge in [0.05, 0.1) is 11.7 Å². The second-order valence-electron chi connectivity index (χ2n) is 5.71. The number of pyridine rings is 1. The molecule has 0 aromatic carbocycles. The highest BCUT2D eigenvalue weighted by atomic mass is 16.3. The van der Waals surface area contributed by atoms with E-state index in [1.54, 1.807) is 19.2 Å². The first-order valence-corrected chi connectivity index (χ1v) is 7.31. The van der Waals surface area contributed by atoms with Gasteiger partial charge in [0.25, 0.3) is 5.91 Å². The molecule has 0 bridgehead atoms. The molecule has 1 amide bonds. The predicted molar refractivity (Wildman–Crippen MR) is 82.6 cm³/mol. The summed E-state index contributed by atoms with van der Waals surface area (Å²) in [5, 5.41) is 9.42. The molecule has 1 aromatic heterocycles. The van der Waals surface area contributed by atoms with E-state index in [1.807, 2.05) is 30.0 Å². The van der Waals surface area contributed by atoms with Crippen LogP contribution in [-0.2, 0) is 0 Å². The average Bonchev–Trinajstić information content (AvgIpc) is 2.46. The van der Waals surface area contributed by atoms with Gasteiger partial charge < -0.3 is 14.9 Å². The Balaban J connectivity index is 2.02. The summed E-state index contributed by atoms with van der Waals surface area (Å²) in [7, 11) is 3.78. The van der Waals surface area contributed by atoms with Crippen molar-refractivity contribution in [2.45, 2.75) is 13.0 Å². The molecule has 6 heteroatoms. The topological polar surface area (TPSA) is 59.9 Å². The molecule has 21 heavy (non-hydrogen) atoms. The molecular formula is C15H24N4O2. The third-order valence-electron chi connectivity index (χ3n) is 3.62. The van der Waals surface area contributed by atoms with Gasteiger partial charge in [-0.25, -0.2) is 4.98 Å². The molecule has 0 saturated carbocycles. The zero-order valence-corrected chi connectivity index (χ0v) is 13.0. The van der Waals surface area contributed by atoms with Gasteiger partial charge >= 0.3 is 0 Å². The van der Waals surface area contributed by atoms with E-state index in [-0.39, 0.29) is 12.0 Å². The standard InChI is InChI=1S/C15H24N4O2/c1-12(20)11-18-7-9-19(10-8-18)15(21)13-5-4-6-16-14(13)17(2)3/h4-6,12,20H,7-11H2,1-3H3. The number of anilines is 1. The smallest absolute Gasteiger partial charge is 0.257 e. The van der Waals surface area contributed by atoms with Crippen molar-refractivity contribution in [1.29, 1.82) is 0 Å². The summed E-state index contributed by atoms with van der Waals surface area (Å²) in [5.74, 6) is 0.734. The van der Waals surface area contributed by atoms with Gasteiger partial charge in [0.15, 0.2) is 0 Å². The number of rotatable bonds is 4. The van der Waals surface area contributed by atoms with Crippen LogP contribution in [0, 0.1) is 0 Å². The third kappa shape index (κ3) is 3.92. The van der Waals surface area contributed by atoms with Crippen molar-refractivity contribution < 1.29 is 9.90 Å². The Kier molecular flexibility index (Phi) is 5.14. The minimum atomic E-state index is -0.328. The van der Waals surface area contributed by atoms with E-state index in [0.717, 1.165) is 13.1 Å². The molecule has 1 fully saturated rings. The Labute approximate surface area is 126 Å². The predicted octanol–water partition coefficient (Wildman–Crippen LogP) is 0.286. The first-order valence-electron chi connectivity index (χ1n) is 7.31. The molecule has 1 aliphatic rings. The minimum absolute atomic E-state index is 0.0310. The third-order valence-corrected chi connectivity index (χ3v) is 3.62. The minimum Gasteiger partial charge on any atom is -0.392 e. The van der Waals surface area contributed by atoms with E-state index in [0.29, 0.717) is 31.0 Å². The number of carbonyl (C=O) groups is 1. The summed E-state index contributed by atoms with van der Waals surface area (Å²) in [5.41, 5.74) is 0.645. The highest BCUT2D eigenvalue weighted by Crippen LogP contribution is 2.17. The molecule has 1 atom stereocenters. The van der Waals surface area contributed by atoms with E-state index >= 15 is 0 Å². The van der Waals surface area contributed by atoms with Gasteiger partial charge in [0.1, 0.15) is 5.82 Å². The van der Waals surface area contributed by atoms with Gasteiger partial charge in [-0.05, 0) is 19.1 Å². The van der Waals surface area contributed by atoms with Gasteiger partial charge in [0.2, 0.25) is 0 Å². The summed E-state index contributed by atoms with van der Waals surface area (Å²) >= 11 is 0. The molecule has 2 rings (SSSR count). The molecule has 1 aliphatic heterocycles. The fraction of sp³-hybridized carbons (Fsp3) is 0.600. The summed E-state index contributed by atoms with van der Waals surface area (Å²) in [6, 6.07) is 3.62. The summed E-state index contributed by atoms with van der Waals surface area (Å²) in [6.45, 7) is 5.43. The second kappa shape index (κ2) is 6.87. The highest BCUT2D eigenvalue weighted by molar-refractivity contribution is 5.98. The maximum absolute atomic E-state index is 12.6. The average molecular weight is 292 g/mol. The van der Waals surface area contributed by atoms with Crippen LogP contribution in [0.3, 0.4) is 0 Å². The van der Waals surface area contributed by atoms with Crippen molar-refractivity contribution in [3.63, 3.8) is 0 Å². The van der Waals surface area contributed by atoms with Crippen molar-refractivity contribution >= 4 is 11.7 Å². The van der Waals surface area contributed by atoms with Crippen molar-refractivity contribution in [1.82, 2.24) is 14.8 Å². The Bertz CT molecular complexity index is 482. The first kappa shape index (κ1) is 15.7. The van der Waals surface area contributed by atoms with Crippen molar-refractivity contribution in [3.8, 4) is 0 Å². The van der Waals surface area contributed by atoms with Gasteiger partial charge in [-0.3, -0.25) is 9.69 Å². The molecule has 0 aliphatic carbocycles. The van der Waals surface area contributed by atoms with Crippen LogP contribution in [0.4, 0.5) is 5.82 Å². The maximum atomic E-state index is 12.6. The van der Waals surface area contributed by atoms with E-state index < -0.39 is 0 Å². The van der Waals surface area contributed by atoms with E-state index in [9.17, 15) is 9.90 Å². The first-order chi connectivity index (χ1) is 9.99. The molecule has 6 nitrogen and oxygen atoms in total. The number of piperazine rings is 1. The number of carbonyl (C=O) groups excluding carboxylic acids is 1. The van der Waals surface area contributed by atoms with Crippen LogP contribution in [0.2, 0.25) is 0 Å². The molecule has 116 valence electrons. The van der Waals surface area contributed by atoms with E-state index in [2.05, 4.69) is 9.88 Å². The molecule has 0 spiro atoms. The Morgan fingerprint density at radius 1 is 1.38 bits per heavy atom. The number of hydrogen-bond donors (Lipinski definition) is 1. The largest absolute Gasteiger partial charge is 0.392 e. The van der Waals surface area contributed by atoms with E-state index in [4.69, 9.17) is 0 Å². The fourth-order valence-corrected chi connectivity index (χ4v) is 2.60. The van der Waals surface area contributed by atoms with E-state index in [1.165, 1.54) is 0 Å². The molecule has 2 heterocycles. The molecule has 0 radical (unpaired) electrons. The molecule has 1 saturated heterocycles. The zero-order chi connectivity index (χ0) is 15.4. The number of aliphatic hydroxyl groups is 1. The summed E-state index contributed by atoms with van der Waals surface area (Å²) in [6.07, 6.45) is 1.37. The van der Waals surface area contributed by atoms with Gasteiger partial charge in [0, 0.05) is 53.0 Å². The molecular weight excluding hydrogens is 268 g/mol. The number of amides is 1. The summed E-state index contributed by atoms with van der Waals surface area (Å²) in [4.78, 5) is 22.8. The van der Waals surface area contributed by atoms with Gasteiger partial charge in [-0.2, -0.15) is 0 Å². The van der Waals surface area contributed by atoms with Crippen LogP contribution in [0.1, 0.15) is 17.3 Å². The lowest BCUT2D eigenvalue weighted by Crippen LogP contribution is -2.50. The number of aliphatic hydroxyl groups excluding tert-OH is 1. The van der Waals surface area contributed by atoms with Gasteiger partial charge in [-0.15, -0.1) is 0 Å². The Morgan fingerprint density at radius 3 is 2.62 bits per heavy atom.